The molecule has 0 aromatic carbocycles. The predicted molar refractivity (Wildman–Crippen MR) is 79.8 cm³/mol. The fraction of sp³-hybridized carbons (Fsp3) is 0.600. The minimum atomic E-state index is 0.328. The lowest BCUT2D eigenvalue weighted by molar-refractivity contribution is 0.318. The van der Waals surface area contributed by atoms with Gasteiger partial charge in [-0.15, -0.1) is 11.3 Å². The zero-order valence-corrected chi connectivity index (χ0v) is 12.7. The monoisotopic (exact) mass is 289 g/mol. The van der Waals surface area contributed by atoms with Gasteiger partial charge < -0.3 is 10.3 Å². The molecule has 0 atom stereocenters. The third-order valence-corrected chi connectivity index (χ3v) is 5.52. The Morgan fingerprint density at radius 1 is 1.35 bits per heavy atom. The molecule has 5 heteroatoms. The number of hydrogen-bond donors (Lipinski definition) is 1. The van der Waals surface area contributed by atoms with Gasteiger partial charge in [-0.2, -0.15) is 4.98 Å². The summed E-state index contributed by atoms with van der Waals surface area (Å²) in [6, 6.07) is 0. The smallest absolute Gasteiger partial charge is 0.261 e. The molecule has 0 radical (unpaired) electrons. The number of nitrogens with two attached hydrogens (primary N) is 1. The first-order valence-electron chi connectivity index (χ1n) is 7.27. The number of hydrogen-bond acceptors (Lipinski definition) is 5. The minimum absolute atomic E-state index is 0.328. The Morgan fingerprint density at radius 3 is 2.90 bits per heavy atom. The molecule has 0 bridgehead atoms. The summed E-state index contributed by atoms with van der Waals surface area (Å²) in [5, 5.41) is 4.96. The van der Waals surface area contributed by atoms with E-state index in [1.165, 1.54) is 29.7 Å². The standard InChI is InChI=1S/C15H19N3OS/c1-15(2)6-5-10-9(7-15)11(12(16)20-10)14-17-13(18-19-14)8-3-4-8/h8H,3-7,16H2,1-2H3. The summed E-state index contributed by atoms with van der Waals surface area (Å²) < 4.78 is 5.49. The van der Waals surface area contributed by atoms with E-state index in [1.807, 2.05) is 0 Å². The molecule has 2 aliphatic carbocycles. The van der Waals surface area contributed by atoms with E-state index in [1.54, 1.807) is 11.3 Å². The van der Waals surface area contributed by atoms with Crippen molar-refractivity contribution in [3.8, 4) is 11.5 Å². The normalized spacial score (nSPS) is 20.9. The van der Waals surface area contributed by atoms with Crippen molar-refractivity contribution in [3.63, 3.8) is 0 Å². The van der Waals surface area contributed by atoms with Gasteiger partial charge in [0.2, 0.25) is 0 Å². The van der Waals surface area contributed by atoms with Crippen molar-refractivity contribution >= 4 is 16.3 Å². The second-order valence-corrected chi connectivity index (χ2v) is 7.95. The maximum atomic E-state index is 6.23. The van der Waals surface area contributed by atoms with Gasteiger partial charge in [0.15, 0.2) is 5.82 Å². The summed E-state index contributed by atoms with van der Waals surface area (Å²) in [5.41, 5.74) is 8.92. The van der Waals surface area contributed by atoms with Crippen LogP contribution in [0, 0.1) is 5.41 Å². The van der Waals surface area contributed by atoms with Crippen LogP contribution in [0.3, 0.4) is 0 Å². The first-order chi connectivity index (χ1) is 9.53. The summed E-state index contributed by atoms with van der Waals surface area (Å²) in [4.78, 5) is 5.99. The van der Waals surface area contributed by atoms with Crippen LogP contribution in [0.5, 0.6) is 0 Å². The number of rotatable bonds is 2. The molecule has 0 aliphatic heterocycles. The fourth-order valence-electron chi connectivity index (χ4n) is 3.02. The molecular weight excluding hydrogens is 270 g/mol. The highest BCUT2D eigenvalue weighted by atomic mass is 32.1. The van der Waals surface area contributed by atoms with Gasteiger partial charge in [-0.05, 0) is 43.1 Å². The summed E-state index contributed by atoms with van der Waals surface area (Å²) in [6.07, 6.45) is 5.75. The molecule has 0 saturated heterocycles. The Labute approximate surface area is 122 Å². The van der Waals surface area contributed by atoms with Gasteiger partial charge in [-0.1, -0.05) is 19.0 Å². The van der Waals surface area contributed by atoms with Gasteiger partial charge in [0.1, 0.15) is 0 Å². The zero-order valence-electron chi connectivity index (χ0n) is 11.9. The van der Waals surface area contributed by atoms with E-state index in [4.69, 9.17) is 10.3 Å². The van der Waals surface area contributed by atoms with Crippen LogP contribution in [0.25, 0.3) is 11.5 Å². The van der Waals surface area contributed by atoms with E-state index in [0.717, 1.165) is 29.2 Å². The van der Waals surface area contributed by atoms with Crippen molar-refractivity contribution in [2.45, 2.75) is 51.9 Å². The number of anilines is 1. The molecule has 1 fully saturated rings. The SMILES string of the molecule is CC1(C)CCc2sc(N)c(-c3nc(C4CC4)no3)c2C1. The lowest BCUT2D eigenvalue weighted by atomic mass is 9.76. The molecule has 106 valence electrons. The van der Waals surface area contributed by atoms with Crippen molar-refractivity contribution in [1.29, 1.82) is 0 Å². The van der Waals surface area contributed by atoms with Crippen molar-refractivity contribution in [1.82, 2.24) is 10.1 Å². The van der Waals surface area contributed by atoms with Crippen LogP contribution in [-0.2, 0) is 12.8 Å². The fourth-order valence-corrected chi connectivity index (χ4v) is 4.10. The lowest BCUT2D eigenvalue weighted by Crippen LogP contribution is -2.21. The minimum Gasteiger partial charge on any atom is -0.390 e. The average molecular weight is 289 g/mol. The quantitative estimate of drug-likeness (QED) is 0.914. The van der Waals surface area contributed by atoms with E-state index < -0.39 is 0 Å². The van der Waals surface area contributed by atoms with E-state index in [2.05, 4.69) is 24.0 Å². The second kappa shape index (κ2) is 4.07. The first-order valence-corrected chi connectivity index (χ1v) is 8.09. The largest absolute Gasteiger partial charge is 0.390 e. The molecule has 2 aliphatic rings. The third-order valence-electron chi connectivity index (χ3n) is 4.40. The lowest BCUT2D eigenvalue weighted by Gasteiger charge is -2.29. The molecular formula is C15H19N3OS. The molecule has 0 unspecified atom stereocenters. The van der Waals surface area contributed by atoms with Gasteiger partial charge in [0, 0.05) is 10.8 Å². The number of aryl methyl sites for hydroxylation is 1. The van der Waals surface area contributed by atoms with Crippen LogP contribution in [0.4, 0.5) is 5.00 Å². The summed E-state index contributed by atoms with van der Waals surface area (Å²) >= 11 is 1.70. The van der Waals surface area contributed by atoms with E-state index in [-0.39, 0.29) is 0 Å². The second-order valence-electron chi connectivity index (χ2n) is 6.82. The highest BCUT2D eigenvalue weighted by Crippen LogP contribution is 2.47. The van der Waals surface area contributed by atoms with Gasteiger partial charge in [-0.25, -0.2) is 0 Å². The van der Waals surface area contributed by atoms with Crippen molar-refractivity contribution < 1.29 is 4.52 Å². The molecule has 2 heterocycles. The molecule has 4 rings (SSSR count). The van der Waals surface area contributed by atoms with E-state index >= 15 is 0 Å². The molecule has 0 amide bonds. The summed E-state index contributed by atoms with van der Waals surface area (Å²) in [7, 11) is 0. The third kappa shape index (κ3) is 1.95. The molecule has 0 spiro atoms. The van der Waals surface area contributed by atoms with Gasteiger partial charge in [0.05, 0.1) is 10.6 Å². The van der Waals surface area contributed by atoms with Crippen LogP contribution in [0.2, 0.25) is 0 Å². The molecule has 1 saturated carbocycles. The molecule has 2 N–H and O–H groups in total. The van der Waals surface area contributed by atoms with Crippen LogP contribution < -0.4 is 5.73 Å². The van der Waals surface area contributed by atoms with Gasteiger partial charge >= 0.3 is 0 Å². The number of aromatic nitrogens is 2. The number of fused-ring (bicyclic) bond motifs is 1. The van der Waals surface area contributed by atoms with Crippen LogP contribution >= 0.6 is 11.3 Å². The highest BCUT2D eigenvalue weighted by molar-refractivity contribution is 7.16. The number of nitrogens with zero attached hydrogens (tertiary/aromatic N) is 2. The van der Waals surface area contributed by atoms with E-state index in [0.29, 0.717) is 17.2 Å². The van der Waals surface area contributed by atoms with Crippen molar-refractivity contribution in [2.75, 3.05) is 5.73 Å². The molecule has 20 heavy (non-hydrogen) atoms. The number of thiophene rings is 1. The Balaban J connectivity index is 1.79. The van der Waals surface area contributed by atoms with Crippen molar-refractivity contribution in [3.05, 3.63) is 16.3 Å². The first kappa shape index (κ1) is 12.4. The van der Waals surface area contributed by atoms with Gasteiger partial charge in [-0.3, -0.25) is 0 Å². The Kier molecular flexibility index (Phi) is 2.52. The Hall–Kier alpha value is -1.36. The highest BCUT2D eigenvalue weighted by Gasteiger charge is 2.34. The molecule has 4 nitrogen and oxygen atoms in total. The Bertz CT molecular complexity index is 667. The predicted octanol–water partition coefficient (Wildman–Crippen LogP) is 3.77. The molecule has 2 aromatic heterocycles. The molecule has 2 aromatic rings. The van der Waals surface area contributed by atoms with Gasteiger partial charge in [0.25, 0.3) is 5.89 Å². The zero-order chi connectivity index (χ0) is 13.9. The summed E-state index contributed by atoms with van der Waals surface area (Å²) in [5.74, 6) is 1.99. The van der Waals surface area contributed by atoms with Crippen LogP contribution in [0.1, 0.15) is 55.3 Å². The topological polar surface area (TPSA) is 64.9 Å². The maximum absolute atomic E-state index is 6.23. The van der Waals surface area contributed by atoms with Crippen molar-refractivity contribution in [2.24, 2.45) is 5.41 Å². The number of nitrogen functional groups attached to an aromatic ring is 1. The van der Waals surface area contributed by atoms with Crippen LogP contribution in [-0.4, -0.2) is 10.1 Å². The maximum Gasteiger partial charge on any atom is 0.261 e. The Morgan fingerprint density at radius 2 is 2.15 bits per heavy atom. The summed E-state index contributed by atoms with van der Waals surface area (Å²) in [6.45, 7) is 4.63. The van der Waals surface area contributed by atoms with Crippen LogP contribution in [0.15, 0.2) is 4.52 Å². The average Bonchev–Trinajstić information content (AvgIpc) is 3.04. The van der Waals surface area contributed by atoms with E-state index in [9.17, 15) is 0 Å².